The van der Waals surface area contributed by atoms with E-state index in [9.17, 15) is 18.7 Å². The van der Waals surface area contributed by atoms with E-state index in [4.69, 9.17) is 0 Å². The predicted octanol–water partition coefficient (Wildman–Crippen LogP) is 2.32. The van der Waals surface area contributed by atoms with Gasteiger partial charge in [-0.15, -0.1) is 0 Å². The molecule has 0 heterocycles. The van der Waals surface area contributed by atoms with E-state index in [1.165, 1.54) is 24.3 Å². The zero-order valence-corrected chi connectivity index (χ0v) is 10.9. The van der Waals surface area contributed by atoms with Gasteiger partial charge in [0.25, 0.3) is 5.91 Å². The number of aliphatic hydroxyl groups excluding tert-OH is 1. The Kier molecular flexibility index (Phi) is 4.89. The Morgan fingerprint density at radius 2 is 2.10 bits per heavy atom. The van der Waals surface area contributed by atoms with Crippen LogP contribution >= 0.6 is 0 Å². The third-order valence-electron chi connectivity index (χ3n) is 3.37. The summed E-state index contributed by atoms with van der Waals surface area (Å²) in [7, 11) is 0. The Morgan fingerprint density at radius 1 is 1.35 bits per heavy atom. The monoisotopic (exact) mass is 285 g/mol. The van der Waals surface area contributed by atoms with Crippen LogP contribution in [0.15, 0.2) is 24.3 Å². The molecule has 0 aliphatic heterocycles. The smallest absolute Gasteiger partial charge is 0.387 e. The number of amides is 1. The molecule has 0 radical (unpaired) electrons. The summed E-state index contributed by atoms with van der Waals surface area (Å²) < 4.78 is 28.5. The fourth-order valence-electron chi connectivity index (χ4n) is 2.34. The topological polar surface area (TPSA) is 58.6 Å². The second-order valence-electron chi connectivity index (χ2n) is 4.84. The van der Waals surface area contributed by atoms with Crippen molar-refractivity contribution in [3.05, 3.63) is 29.8 Å². The van der Waals surface area contributed by atoms with E-state index in [2.05, 4.69) is 10.1 Å². The van der Waals surface area contributed by atoms with Crippen LogP contribution in [0.5, 0.6) is 5.75 Å². The average molecular weight is 285 g/mol. The summed E-state index contributed by atoms with van der Waals surface area (Å²) in [5, 5.41) is 12.5. The minimum absolute atomic E-state index is 0.0585. The van der Waals surface area contributed by atoms with Crippen LogP contribution in [0.3, 0.4) is 0 Å². The normalized spacial score (nSPS) is 22.6. The molecule has 110 valence electrons. The molecule has 0 spiro atoms. The Hall–Kier alpha value is -1.69. The standard InChI is InChI=1S/C14H17F2NO3/c15-14(16)20-10-5-3-4-9(8-10)13(19)17-11-6-1-2-7-12(11)18/h3-5,8,11-12,14,18H,1-2,6-7H2,(H,17,19)/t11-,12-/m0/s1. The highest BCUT2D eigenvalue weighted by molar-refractivity contribution is 5.94. The minimum atomic E-state index is -2.92. The first kappa shape index (κ1) is 14.7. The summed E-state index contributed by atoms with van der Waals surface area (Å²) in [5.74, 6) is -0.451. The van der Waals surface area contributed by atoms with Crippen molar-refractivity contribution >= 4 is 5.91 Å². The van der Waals surface area contributed by atoms with Gasteiger partial charge in [0, 0.05) is 5.56 Å². The number of ether oxygens (including phenoxy) is 1. The lowest BCUT2D eigenvalue weighted by Gasteiger charge is -2.28. The minimum Gasteiger partial charge on any atom is -0.435 e. The van der Waals surface area contributed by atoms with Gasteiger partial charge >= 0.3 is 6.61 Å². The van der Waals surface area contributed by atoms with E-state index in [-0.39, 0.29) is 17.4 Å². The average Bonchev–Trinajstić information content (AvgIpc) is 2.41. The molecule has 4 nitrogen and oxygen atoms in total. The highest BCUT2D eigenvalue weighted by atomic mass is 19.3. The van der Waals surface area contributed by atoms with Crippen LogP contribution in [0.25, 0.3) is 0 Å². The third-order valence-corrected chi connectivity index (χ3v) is 3.37. The number of alkyl halides is 2. The maximum atomic E-state index is 12.1. The summed E-state index contributed by atoms with van der Waals surface area (Å²) in [6.07, 6.45) is 2.75. The van der Waals surface area contributed by atoms with Gasteiger partial charge in [-0.3, -0.25) is 4.79 Å². The zero-order chi connectivity index (χ0) is 14.5. The van der Waals surface area contributed by atoms with Gasteiger partial charge in [0.1, 0.15) is 5.75 Å². The van der Waals surface area contributed by atoms with Crippen LogP contribution in [-0.4, -0.2) is 29.8 Å². The van der Waals surface area contributed by atoms with Gasteiger partial charge in [0.15, 0.2) is 0 Å². The van der Waals surface area contributed by atoms with Crippen molar-refractivity contribution in [3.63, 3.8) is 0 Å². The quantitative estimate of drug-likeness (QED) is 0.892. The molecule has 1 aromatic rings. The van der Waals surface area contributed by atoms with Gasteiger partial charge in [-0.1, -0.05) is 18.9 Å². The molecule has 1 aliphatic rings. The molecule has 1 saturated carbocycles. The van der Waals surface area contributed by atoms with Crippen molar-refractivity contribution in [3.8, 4) is 5.75 Å². The van der Waals surface area contributed by atoms with Crippen molar-refractivity contribution in [2.75, 3.05) is 0 Å². The molecule has 0 aromatic heterocycles. The van der Waals surface area contributed by atoms with Gasteiger partial charge in [0.05, 0.1) is 12.1 Å². The predicted molar refractivity (Wildman–Crippen MR) is 68.8 cm³/mol. The van der Waals surface area contributed by atoms with Gasteiger partial charge in [-0.25, -0.2) is 0 Å². The van der Waals surface area contributed by atoms with Crippen LogP contribution in [0.1, 0.15) is 36.0 Å². The second-order valence-corrected chi connectivity index (χ2v) is 4.84. The van der Waals surface area contributed by atoms with Gasteiger partial charge in [-0.05, 0) is 31.0 Å². The van der Waals surface area contributed by atoms with Gasteiger partial charge in [0.2, 0.25) is 0 Å². The summed E-state index contributed by atoms with van der Waals surface area (Å²) in [5.41, 5.74) is 0.237. The van der Waals surface area contributed by atoms with E-state index in [0.29, 0.717) is 6.42 Å². The van der Waals surface area contributed by atoms with Crippen LogP contribution < -0.4 is 10.1 Å². The number of halogens is 2. The molecular weight excluding hydrogens is 268 g/mol. The highest BCUT2D eigenvalue weighted by Gasteiger charge is 2.24. The number of carbonyl (C=O) groups excluding carboxylic acids is 1. The highest BCUT2D eigenvalue weighted by Crippen LogP contribution is 2.20. The Morgan fingerprint density at radius 3 is 2.80 bits per heavy atom. The maximum Gasteiger partial charge on any atom is 0.387 e. The van der Waals surface area contributed by atoms with E-state index in [0.717, 1.165) is 19.3 Å². The molecule has 2 N–H and O–H groups in total. The van der Waals surface area contributed by atoms with Gasteiger partial charge in [-0.2, -0.15) is 8.78 Å². The zero-order valence-electron chi connectivity index (χ0n) is 10.9. The Balaban J connectivity index is 2.01. The summed E-state index contributed by atoms with van der Waals surface area (Å²) in [6.45, 7) is -2.92. The Bertz CT molecular complexity index is 467. The van der Waals surface area contributed by atoms with Crippen LogP contribution in [0, 0.1) is 0 Å². The van der Waals surface area contributed by atoms with E-state index < -0.39 is 18.6 Å². The number of hydrogen-bond acceptors (Lipinski definition) is 3. The fraction of sp³-hybridized carbons (Fsp3) is 0.500. The number of nitrogens with one attached hydrogen (secondary N) is 1. The van der Waals surface area contributed by atoms with E-state index >= 15 is 0 Å². The molecule has 0 saturated heterocycles. The molecule has 2 atom stereocenters. The lowest BCUT2D eigenvalue weighted by atomic mass is 9.92. The molecule has 1 amide bonds. The summed E-state index contributed by atoms with van der Waals surface area (Å²) in [4.78, 5) is 12.0. The van der Waals surface area contributed by atoms with Gasteiger partial charge < -0.3 is 15.2 Å². The first-order chi connectivity index (χ1) is 9.56. The molecule has 1 aromatic carbocycles. The number of rotatable bonds is 4. The SMILES string of the molecule is O=C(N[C@H]1CCCC[C@@H]1O)c1cccc(OC(F)F)c1. The molecule has 1 fully saturated rings. The lowest BCUT2D eigenvalue weighted by molar-refractivity contribution is -0.0498. The third kappa shape index (κ3) is 3.90. The van der Waals surface area contributed by atoms with Crippen molar-refractivity contribution in [2.24, 2.45) is 0 Å². The first-order valence-corrected chi connectivity index (χ1v) is 6.60. The Labute approximate surface area is 115 Å². The molecule has 6 heteroatoms. The largest absolute Gasteiger partial charge is 0.435 e. The maximum absolute atomic E-state index is 12.1. The van der Waals surface area contributed by atoms with Crippen molar-refractivity contribution in [2.45, 2.75) is 44.4 Å². The molecule has 0 bridgehead atoms. The molecule has 2 rings (SSSR count). The molecular formula is C14H17F2NO3. The van der Waals surface area contributed by atoms with Crippen molar-refractivity contribution in [1.82, 2.24) is 5.32 Å². The van der Waals surface area contributed by atoms with E-state index in [1.54, 1.807) is 0 Å². The first-order valence-electron chi connectivity index (χ1n) is 6.60. The summed E-state index contributed by atoms with van der Waals surface area (Å²) >= 11 is 0. The number of benzene rings is 1. The van der Waals surface area contributed by atoms with Crippen LogP contribution in [0.4, 0.5) is 8.78 Å². The summed E-state index contributed by atoms with van der Waals surface area (Å²) in [6, 6.07) is 5.33. The van der Waals surface area contributed by atoms with Crippen LogP contribution in [0.2, 0.25) is 0 Å². The number of hydrogen-bond donors (Lipinski definition) is 2. The van der Waals surface area contributed by atoms with E-state index in [1.807, 2.05) is 0 Å². The van der Waals surface area contributed by atoms with Crippen molar-refractivity contribution in [1.29, 1.82) is 0 Å². The molecule has 0 unspecified atom stereocenters. The van der Waals surface area contributed by atoms with Crippen molar-refractivity contribution < 1.29 is 23.4 Å². The van der Waals surface area contributed by atoms with Crippen LogP contribution in [-0.2, 0) is 0 Å². The molecule has 1 aliphatic carbocycles. The number of aliphatic hydroxyl groups is 1. The second kappa shape index (κ2) is 6.65. The number of carbonyl (C=O) groups is 1. The fourth-order valence-corrected chi connectivity index (χ4v) is 2.34. The molecule has 20 heavy (non-hydrogen) atoms. The lowest BCUT2D eigenvalue weighted by Crippen LogP contribution is -2.45.